The van der Waals surface area contributed by atoms with Gasteiger partial charge in [0, 0.05) is 11.8 Å². The number of benzene rings is 1. The molecule has 0 bridgehead atoms. The standard InChI is InChI=1S/C15H13ClF3NO2/c1-9-13(22-8-10-5-3-2-4-6-10)12(21)11(7-20-9)14(16)15(17,18)19/h2-7,14H,8H2,1H3,(H,20,21). The summed E-state index contributed by atoms with van der Waals surface area (Å²) in [5, 5.41) is -2.38. The lowest BCUT2D eigenvalue weighted by molar-refractivity contribution is -0.131. The van der Waals surface area contributed by atoms with E-state index in [-0.39, 0.29) is 12.4 Å². The zero-order valence-corrected chi connectivity index (χ0v) is 12.3. The van der Waals surface area contributed by atoms with E-state index < -0.39 is 22.5 Å². The molecule has 0 aliphatic carbocycles. The van der Waals surface area contributed by atoms with Gasteiger partial charge in [-0.1, -0.05) is 30.3 Å². The predicted molar refractivity (Wildman–Crippen MR) is 77.2 cm³/mol. The quantitative estimate of drug-likeness (QED) is 0.857. The highest BCUT2D eigenvalue weighted by molar-refractivity contribution is 6.21. The average molecular weight is 332 g/mol. The van der Waals surface area contributed by atoms with Gasteiger partial charge in [-0.05, 0) is 12.5 Å². The summed E-state index contributed by atoms with van der Waals surface area (Å²) in [5.41, 5.74) is -0.298. The van der Waals surface area contributed by atoms with Crippen molar-refractivity contribution in [3.63, 3.8) is 0 Å². The Bertz CT molecular complexity index is 698. The molecular weight excluding hydrogens is 319 g/mol. The highest BCUT2D eigenvalue weighted by atomic mass is 35.5. The normalized spacial score (nSPS) is 13.0. The van der Waals surface area contributed by atoms with Crippen molar-refractivity contribution in [3.05, 3.63) is 63.6 Å². The Balaban J connectivity index is 2.30. The molecule has 0 aliphatic rings. The van der Waals surface area contributed by atoms with Gasteiger partial charge < -0.3 is 9.72 Å². The molecule has 0 amide bonds. The molecule has 0 saturated heterocycles. The molecule has 2 aromatic rings. The molecule has 0 aliphatic heterocycles. The summed E-state index contributed by atoms with van der Waals surface area (Å²) in [7, 11) is 0. The third-order valence-corrected chi connectivity index (χ3v) is 3.52. The second-order valence-electron chi connectivity index (χ2n) is 4.71. The minimum atomic E-state index is -4.71. The molecule has 0 saturated carbocycles. The van der Waals surface area contributed by atoms with E-state index in [9.17, 15) is 18.0 Å². The first kappa shape index (κ1) is 16.4. The topological polar surface area (TPSA) is 42.1 Å². The Kier molecular flexibility index (Phi) is 4.81. The molecule has 2 rings (SSSR count). The molecule has 1 N–H and O–H groups in total. The van der Waals surface area contributed by atoms with Crippen LogP contribution in [0, 0.1) is 6.92 Å². The van der Waals surface area contributed by atoms with Crippen molar-refractivity contribution < 1.29 is 17.9 Å². The van der Waals surface area contributed by atoms with Crippen LogP contribution in [0.5, 0.6) is 5.75 Å². The number of H-pyrrole nitrogens is 1. The van der Waals surface area contributed by atoms with Crippen LogP contribution in [0.15, 0.2) is 41.3 Å². The Hall–Kier alpha value is -1.95. The van der Waals surface area contributed by atoms with E-state index in [1.54, 1.807) is 31.2 Å². The summed E-state index contributed by atoms with van der Waals surface area (Å²) in [5.74, 6) is -0.156. The van der Waals surface area contributed by atoms with E-state index in [1.807, 2.05) is 6.07 Å². The SMILES string of the molecule is Cc1[nH]cc(C(Cl)C(F)(F)F)c(=O)c1OCc1ccccc1. The van der Waals surface area contributed by atoms with Crippen LogP contribution in [0.25, 0.3) is 0 Å². The van der Waals surface area contributed by atoms with Crippen molar-refractivity contribution in [2.24, 2.45) is 0 Å². The number of nitrogens with one attached hydrogen (secondary N) is 1. The molecule has 1 heterocycles. The van der Waals surface area contributed by atoms with Gasteiger partial charge in [-0.25, -0.2) is 0 Å². The summed E-state index contributed by atoms with van der Waals surface area (Å²) in [4.78, 5) is 14.8. The van der Waals surface area contributed by atoms with Crippen molar-refractivity contribution in [2.75, 3.05) is 0 Å². The first-order valence-corrected chi connectivity index (χ1v) is 6.84. The molecule has 0 spiro atoms. The molecular formula is C15H13ClF3NO2. The lowest BCUT2D eigenvalue weighted by Gasteiger charge is -2.15. The van der Waals surface area contributed by atoms with Crippen LogP contribution in [-0.2, 0) is 6.61 Å². The zero-order chi connectivity index (χ0) is 16.3. The lowest BCUT2D eigenvalue weighted by Crippen LogP contribution is -2.24. The number of aromatic nitrogens is 1. The fraction of sp³-hybridized carbons (Fsp3) is 0.267. The van der Waals surface area contributed by atoms with Crippen molar-refractivity contribution in [1.29, 1.82) is 0 Å². The highest BCUT2D eigenvalue weighted by Crippen LogP contribution is 2.37. The molecule has 1 atom stereocenters. The number of hydrogen-bond donors (Lipinski definition) is 1. The molecule has 3 nitrogen and oxygen atoms in total. The summed E-state index contributed by atoms with van der Waals surface area (Å²) in [6, 6.07) is 8.99. The number of aryl methyl sites for hydroxylation is 1. The van der Waals surface area contributed by atoms with E-state index in [2.05, 4.69) is 4.98 Å². The smallest absolute Gasteiger partial charge is 0.409 e. The fourth-order valence-electron chi connectivity index (χ4n) is 1.89. The second kappa shape index (κ2) is 6.44. The van der Waals surface area contributed by atoms with Gasteiger partial charge in [0.2, 0.25) is 5.43 Å². The van der Waals surface area contributed by atoms with Crippen molar-refractivity contribution >= 4 is 11.6 Å². The molecule has 1 unspecified atom stereocenters. The monoisotopic (exact) mass is 331 g/mol. The maximum atomic E-state index is 12.7. The van der Waals surface area contributed by atoms with Crippen LogP contribution in [0.2, 0.25) is 0 Å². The van der Waals surface area contributed by atoms with Crippen LogP contribution in [0.4, 0.5) is 13.2 Å². The molecule has 0 radical (unpaired) electrons. The van der Waals surface area contributed by atoms with Gasteiger partial charge in [-0.2, -0.15) is 13.2 Å². The maximum Gasteiger partial charge on any atom is 0.409 e. The average Bonchev–Trinajstić information content (AvgIpc) is 2.46. The van der Waals surface area contributed by atoms with Gasteiger partial charge in [0.25, 0.3) is 0 Å². The number of aromatic amines is 1. The minimum Gasteiger partial charge on any atom is -0.483 e. The second-order valence-corrected chi connectivity index (χ2v) is 5.14. The number of pyridine rings is 1. The summed E-state index contributed by atoms with van der Waals surface area (Å²) in [6.07, 6.45) is -3.74. The summed E-state index contributed by atoms with van der Waals surface area (Å²) in [6.45, 7) is 1.62. The van der Waals surface area contributed by atoms with Crippen LogP contribution in [0.3, 0.4) is 0 Å². The van der Waals surface area contributed by atoms with E-state index in [1.165, 1.54) is 0 Å². The van der Waals surface area contributed by atoms with Crippen molar-refractivity contribution in [2.45, 2.75) is 25.1 Å². The minimum absolute atomic E-state index is 0.0766. The van der Waals surface area contributed by atoms with Crippen LogP contribution in [-0.4, -0.2) is 11.2 Å². The first-order valence-electron chi connectivity index (χ1n) is 6.40. The Morgan fingerprint density at radius 1 is 1.27 bits per heavy atom. The van der Waals surface area contributed by atoms with Gasteiger partial charge in [-0.15, -0.1) is 11.6 Å². The Morgan fingerprint density at radius 2 is 1.91 bits per heavy atom. The number of rotatable bonds is 4. The van der Waals surface area contributed by atoms with Crippen molar-refractivity contribution in [3.8, 4) is 5.75 Å². The van der Waals surface area contributed by atoms with Gasteiger partial charge in [-0.3, -0.25) is 4.79 Å². The van der Waals surface area contributed by atoms with E-state index in [4.69, 9.17) is 16.3 Å². The lowest BCUT2D eigenvalue weighted by atomic mass is 10.1. The molecule has 7 heteroatoms. The number of ether oxygens (including phenoxy) is 1. The molecule has 1 aromatic heterocycles. The first-order chi connectivity index (χ1) is 10.3. The molecule has 22 heavy (non-hydrogen) atoms. The van der Waals surface area contributed by atoms with Gasteiger partial charge in [0.05, 0.1) is 5.69 Å². The van der Waals surface area contributed by atoms with E-state index in [0.717, 1.165) is 11.8 Å². The molecule has 0 fully saturated rings. The summed E-state index contributed by atoms with van der Waals surface area (Å²) >= 11 is 5.33. The number of halogens is 4. The third-order valence-electron chi connectivity index (χ3n) is 3.04. The van der Waals surface area contributed by atoms with E-state index >= 15 is 0 Å². The van der Waals surface area contributed by atoms with Crippen molar-refractivity contribution in [1.82, 2.24) is 4.98 Å². The third kappa shape index (κ3) is 3.62. The maximum absolute atomic E-state index is 12.7. The number of alkyl halides is 4. The highest BCUT2D eigenvalue weighted by Gasteiger charge is 2.41. The van der Waals surface area contributed by atoms with Gasteiger partial charge in [0.15, 0.2) is 11.1 Å². The molecule has 1 aromatic carbocycles. The zero-order valence-electron chi connectivity index (χ0n) is 11.6. The predicted octanol–water partition coefficient (Wildman–Crippen LogP) is 4.10. The van der Waals surface area contributed by atoms with Crippen LogP contribution >= 0.6 is 11.6 Å². The Morgan fingerprint density at radius 3 is 2.50 bits per heavy atom. The van der Waals surface area contributed by atoms with E-state index in [0.29, 0.717) is 5.69 Å². The van der Waals surface area contributed by atoms with Gasteiger partial charge >= 0.3 is 6.18 Å². The largest absolute Gasteiger partial charge is 0.483 e. The van der Waals surface area contributed by atoms with Gasteiger partial charge in [0.1, 0.15) is 6.61 Å². The molecule has 118 valence electrons. The summed E-state index contributed by atoms with van der Waals surface area (Å²) < 4.78 is 43.4. The number of hydrogen-bond acceptors (Lipinski definition) is 2. The van der Waals surface area contributed by atoms with Crippen LogP contribution in [0.1, 0.15) is 22.2 Å². The fourth-order valence-corrected chi connectivity index (χ4v) is 2.05. The van der Waals surface area contributed by atoms with Crippen LogP contribution < -0.4 is 10.2 Å². The Labute approximate surface area is 129 Å².